The SMILES string of the molecule is CCCc1ccc(N2C(=O)C(=NNc3cccc(-c4cccc(OC(=O)O)c4)c3O)c3cc(C(F)(F)F)ccc32)cc1. The minimum Gasteiger partial charge on any atom is -0.505 e. The number of anilines is 3. The second-order valence-corrected chi connectivity index (χ2v) is 9.46. The molecule has 0 bridgehead atoms. The molecule has 0 saturated carbocycles. The number of rotatable bonds is 7. The van der Waals surface area contributed by atoms with Crippen LogP contribution in [0.1, 0.15) is 30.0 Å². The first-order chi connectivity index (χ1) is 20.1. The summed E-state index contributed by atoms with van der Waals surface area (Å²) >= 11 is 0. The summed E-state index contributed by atoms with van der Waals surface area (Å²) in [6.07, 6.45) is -4.36. The maximum atomic E-state index is 13.6. The zero-order valence-electron chi connectivity index (χ0n) is 22.1. The molecule has 4 aromatic rings. The van der Waals surface area contributed by atoms with Gasteiger partial charge in [-0.05, 0) is 66.1 Å². The largest absolute Gasteiger partial charge is 0.511 e. The van der Waals surface area contributed by atoms with Gasteiger partial charge < -0.3 is 14.9 Å². The van der Waals surface area contributed by atoms with Crippen LogP contribution in [-0.4, -0.2) is 28.0 Å². The normalized spacial score (nSPS) is 13.8. The molecule has 1 amide bonds. The number of nitrogens with zero attached hydrogens (tertiary/aromatic N) is 2. The number of benzene rings is 4. The minimum atomic E-state index is -4.64. The van der Waals surface area contributed by atoms with Crippen molar-refractivity contribution in [2.75, 3.05) is 10.3 Å². The number of amides is 1. The first-order valence-electron chi connectivity index (χ1n) is 12.9. The Morgan fingerprint density at radius 1 is 0.976 bits per heavy atom. The van der Waals surface area contributed by atoms with Gasteiger partial charge in [0.05, 0.1) is 16.9 Å². The predicted molar refractivity (Wildman–Crippen MR) is 151 cm³/mol. The molecular weight excluding hydrogens is 551 g/mol. The van der Waals surface area contributed by atoms with Gasteiger partial charge in [-0.1, -0.05) is 49.7 Å². The van der Waals surface area contributed by atoms with Crippen molar-refractivity contribution >= 4 is 34.8 Å². The molecule has 1 aliphatic heterocycles. The van der Waals surface area contributed by atoms with Gasteiger partial charge in [0, 0.05) is 16.8 Å². The number of phenols is 1. The molecule has 214 valence electrons. The van der Waals surface area contributed by atoms with Crippen molar-refractivity contribution in [1.82, 2.24) is 0 Å². The quantitative estimate of drug-likeness (QED) is 0.0907. The summed E-state index contributed by atoms with van der Waals surface area (Å²) in [5.74, 6) is -0.893. The highest BCUT2D eigenvalue weighted by molar-refractivity contribution is 6.55. The molecule has 5 rings (SSSR count). The van der Waals surface area contributed by atoms with Gasteiger partial charge in [0.2, 0.25) is 0 Å². The van der Waals surface area contributed by atoms with Crippen molar-refractivity contribution in [2.45, 2.75) is 25.9 Å². The average Bonchev–Trinajstić information content (AvgIpc) is 3.22. The lowest BCUT2D eigenvalue weighted by Crippen LogP contribution is -2.26. The van der Waals surface area contributed by atoms with E-state index in [1.54, 1.807) is 36.4 Å². The van der Waals surface area contributed by atoms with Crippen molar-refractivity contribution in [1.29, 1.82) is 0 Å². The third-order valence-electron chi connectivity index (χ3n) is 6.63. The Hall–Kier alpha value is -5.32. The van der Waals surface area contributed by atoms with Gasteiger partial charge >= 0.3 is 12.3 Å². The second-order valence-electron chi connectivity index (χ2n) is 9.46. The van der Waals surface area contributed by atoms with Gasteiger partial charge in [-0.3, -0.25) is 15.1 Å². The van der Waals surface area contributed by atoms with Gasteiger partial charge in [0.25, 0.3) is 5.91 Å². The Bertz CT molecular complexity index is 1700. The summed E-state index contributed by atoms with van der Waals surface area (Å²) in [5, 5.41) is 24.0. The fourth-order valence-corrected chi connectivity index (χ4v) is 4.70. The van der Waals surface area contributed by atoms with Crippen LogP contribution in [0.15, 0.2) is 90.0 Å². The van der Waals surface area contributed by atoms with Crippen LogP contribution in [-0.2, 0) is 17.4 Å². The van der Waals surface area contributed by atoms with Gasteiger partial charge in [0.1, 0.15) is 11.5 Å². The molecule has 0 aromatic heterocycles. The fraction of sp³-hybridized carbons (Fsp3) is 0.129. The maximum Gasteiger partial charge on any atom is 0.511 e. The predicted octanol–water partition coefficient (Wildman–Crippen LogP) is 7.58. The highest BCUT2D eigenvalue weighted by Gasteiger charge is 2.39. The van der Waals surface area contributed by atoms with Crippen LogP contribution in [0.4, 0.5) is 35.0 Å². The summed E-state index contributed by atoms with van der Waals surface area (Å²) in [4.78, 5) is 25.8. The topological polar surface area (TPSA) is 111 Å². The lowest BCUT2D eigenvalue weighted by Gasteiger charge is -2.18. The zero-order valence-corrected chi connectivity index (χ0v) is 22.1. The molecule has 3 N–H and O–H groups in total. The van der Waals surface area contributed by atoms with Crippen LogP contribution in [0.5, 0.6) is 11.5 Å². The number of aromatic hydroxyl groups is 1. The first kappa shape index (κ1) is 28.2. The summed E-state index contributed by atoms with van der Waals surface area (Å²) < 4.78 is 45.5. The van der Waals surface area contributed by atoms with E-state index in [1.165, 1.54) is 29.2 Å². The number of aryl methyl sites for hydroxylation is 1. The number of carbonyl (C=O) groups excluding carboxylic acids is 1. The Kier molecular flexibility index (Phi) is 7.58. The number of phenolic OH excluding ortho intramolecular Hbond substituents is 1. The van der Waals surface area contributed by atoms with E-state index >= 15 is 0 Å². The number of fused-ring (bicyclic) bond motifs is 1. The molecule has 0 atom stereocenters. The van der Waals surface area contributed by atoms with E-state index < -0.39 is 23.8 Å². The van der Waals surface area contributed by atoms with Crippen LogP contribution in [0.25, 0.3) is 11.1 Å². The van der Waals surface area contributed by atoms with E-state index in [9.17, 15) is 27.9 Å². The summed E-state index contributed by atoms with van der Waals surface area (Å²) in [6.45, 7) is 2.04. The molecule has 0 saturated heterocycles. The maximum absolute atomic E-state index is 13.6. The number of halogens is 3. The zero-order chi connectivity index (χ0) is 30.0. The molecule has 0 radical (unpaired) electrons. The van der Waals surface area contributed by atoms with Gasteiger partial charge in [-0.15, -0.1) is 0 Å². The van der Waals surface area contributed by atoms with Crippen molar-refractivity contribution in [2.24, 2.45) is 5.10 Å². The van der Waals surface area contributed by atoms with Crippen molar-refractivity contribution < 1.29 is 37.7 Å². The fourth-order valence-electron chi connectivity index (χ4n) is 4.70. The van der Waals surface area contributed by atoms with Crippen molar-refractivity contribution in [3.05, 3.63) is 102 Å². The smallest absolute Gasteiger partial charge is 0.505 e. The van der Waals surface area contributed by atoms with E-state index in [0.717, 1.165) is 30.5 Å². The van der Waals surface area contributed by atoms with Crippen LogP contribution in [0.2, 0.25) is 0 Å². The summed E-state index contributed by atoms with van der Waals surface area (Å²) in [5.41, 5.74) is 3.96. The Labute approximate surface area is 238 Å². The Morgan fingerprint density at radius 2 is 1.71 bits per heavy atom. The second kappa shape index (κ2) is 11.3. The average molecular weight is 576 g/mol. The highest BCUT2D eigenvalue weighted by Crippen LogP contribution is 2.41. The number of nitrogens with one attached hydrogen (secondary N) is 1. The minimum absolute atomic E-state index is 0.0193. The molecule has 8 nitrogen and oxygen atoms in total. The number of carbonyl (C=O) groups is 2. The molecular formula is C31H24F3N3O5. The lowest BCUT2D eigenvalue weighted by molar-refractivity contribution is -0.137. The molecule has 0 fully saturated rings. The highest BCUT2D eigenvalue weighted by atomic mass is 19.4. The molecule has 4 aromatic carbocycles. The lowest BCUT2D eigenvalue weighted by atomic mass is 10.0. The molecule has 1 aliphatic rings. The molecule has 0 spiro atoms. The number of alkyl halides is 3. The van der Waals surface area contributed by atoms with Gasteiger partial charge in [0.15, 0.2) is 5.71 Å². The monoisotopic (exact) mass is 575 g/mol. The molecule has 0 unspecified atom stereocenters. The van der Waals surface area contributed by atoms with Crippen LogP contribution in [0, 0.1) is 0 Å². The number of carboxylic acid groups (broad SMARTS) is 1. The van der Waals surface area contributed by atoms with E-state index in [4.69, 9.17) is 5.11 Å². The van der Waals surface area contributed by atoms with Crippen LogP contribution < -0.4 is 15.1 Å². The third-order valence-corrected chi connectivity index (χ3v) is 6.63. The van der Waals surface area contributed by atoms with E-state index in [0.29, 0.717) is 16.8 Å². The third kappa shape index (κ3) is 5.62. The number of para-hydroxylation sites is 1. The number of hydrogen-bond donors (Lipinski definition) is 3. The van der Waals surface area contributed by atoms with E-state index in [-0.39, 0.29) is 34.1 Å². The van der Waals surface area contributed by atoms with Crippen molar-refractivity contribution in [3.63, 3.8) is 0 Å². The van der Waals surface area contributed by atoms with E-state index in [2.05, 4.69) is 15.3 Å². The van der Waals surface area contributed by atoms with Crippen LogP contribution in [0.3, 0.4) is 0 Å². The molecule has 11 heteroatoms. The summed E-state index contributed by atoms with van der Waals surface area (Å²) in [6, 6.07) is 20.9. The molecule has 1 heterocycles. The number of hydrogen-bond acceptors (Lipinski definition) is 6. The molecule has 0 aliphatic carbocycles. The number of ether oxygens (including phenoxy) is 1. The van der Waals surface area contributed by atoms with Gasteiger partial charge in [-0.2, -0.15) is 18.3 Å². The Morgan fingerprint density at radius 3 is 2.40 bits per heavy atom. The number of hydrazone groups is 1. The Balaban J connectivity index is 1.53. The van der Waals surface area contributed by atoms with E-state index in [1.807, 2.05) is 19.1 Å². The van der Waals surface area contributed by atoms with Crippen LogP contribution >= 0.6 is 0 Å². The first-order valence-corrected chi connectivity index (χ1v) is 12.9. The summed E-state index contributed by atoms with van der Waals surface area (Å²) in [7, 11) is 0. The molecule has 42 heavy (non-hydrogen) atoms. The van der Waals surface area contributed by atoms with Gasteiger partial charge in [-0.25, -0.2) is 4.79 Å². The standard InChI is InChI=1S/C31H24F3N3O5/c1-2-5-18-10-13-21(14-11-18)37-26-15-12-20(31(32,33)34)17-24(26)27(29(37)39)36-35-25-9-4-8-23(28(25)38)19-6-3-7-22(16-19)42-30(40)41/h3-4,6-17,35,38H,2,5H2,1H3,(H,40,41). The van der Waals surface area contributed by atoms with Crippen molar-refractivity contribution in [3.8, 4) is 22.6 Å².